The van der Waals surface area contributed by atoms with Crippen molar-refractivity contribution in [3.8, 4) is 5.75 Å². The average molecular weight is 303 g/mol. The quantitative estimate of drug-likeness (QED) is 0.608. The predicted molar refractivity (Wildman–Crippen MR) is 83.8 cm³/mol. The minimum absolute atomic E-state index is 0.337. The van der Waals surface area contributed by atoms with Gasteiger partial charge in [0.2, 0.25) is 0 Å². The van der Waals surface area contributed by atoms with Gasteiger partial charge in [0.1, 0.15) is 11.3 Å². The summed E-state index contributed by atoms with van der Waals surface area (Å²) in [4.78, 5) is 7.04. The van der Waals surface area contributed by atoms with Gasteiger partial charge < -0.3 is 20.2 Å². The third-order valence-electron chi connectivity index (χ3n) is 3.59. The minimum Gasteiger partial charge on any atom is -0.594 e. The van der Waals surface area contributed by atoms with Gasteiger partial charge >= 0.3 is 0 Å². The lowest BCUT2D eigenvalue weighted by Gasteiger charge is -2.10. The molecule has 0 bridgehead atoms. The number of fused-ring (bicyclic) bond motifs is 1. The van der Waals surface area contributed by atoms with E-state index in [4.69, 9.17) is 4.74 Å². The first-order valence-electron chi connectivity index (χ1n) is 7.55. The number of nitrogens with zero attached hydrogens (tertiary/aromatic N) is 4. The molecule has 3 rings (SSSR count). The summed E-state index contributed by atoms with van der Waals surface area (Å²) >= 11 is 0. The van der Waals surface area contributed by atoms with Crippen molar-refractivity contribution in [2.75, 3.05) is 39.1 Å². The monoisotopic (exact) mass is 303 g/mol. The fourth-order valence-corrected chi connectivity index (χ4v) is 2.09. The number of rotatable bonds is 7. The molecule has 1 aliphatic rings. The summed E-state index contributed by atoms with van der Waals surface area (Å²) in [5, 5.41) is 18.9. The van der Waals surface area contributed by atoms with Crippen LogP contribution < -0.4 is 14.9 Å². The highest BCUT2D eigenvalue weighted by Crippen LogP contribution is 2.29. The molecular formula is C15H21N5O2. The number of hydrogen-bond acceptors (Lipinski definition) is 6. The molecule has 0 amide bonds. The van der Waals surface area contributed by atoms with Crippen LogP contribution in [0.1, 0.15) is 12.8 Å². The van der Waals surface area contributed by atoms with E-state index in [1.165, 1.54) is 12.8 Å². The van der Waals surface area contributed by atoms with E-state index in [-0.39, 0.29) is 0 Å². The largest absolute Gasteiger partial charge is 0.594 e. The van der Waals surface area contributed by atoms with Gasteiger partial charge in [-0.15, -0.1) is 0 Å². The Morgan fingerprint density at radius 1 is 1.41 bits per heavy atom. The zero-order chi connectivity index (χ0) is 15.5. The van der Waals surface area contributed by atoms with Gasteiger partial charge in [-0.2, -0.15) is 0 Å². The number of ether oxygens (including phenoxy) is 1. The predicted octanol–water partition coefficient (Wildman–Crippen LogP) is 1.03. The first kappa shape index (κ1) is 14.8. The molecule has 1 aromatic heterocycles. The Hall–Kier alpha value is -2.15. The van der Waals surface area contributed by atoms with Gasteiger partial charge in [0.25, 0.3) is 11.5 Å². The minimum atomic E-state index is 0.337. The van der Waals surface area contributed by atoms with E-state index in [0.717, 1.165) is 18.9 Å². The molecule has 1 aromatic carbocycles. The number of anilines is 1. The van der Waals surface area contributed by atoms with Crippen LogP contribution in [0.2, 0.25) is 0 Å². The number of likely N-dealkylation sites (N-methyl/N-ethyl adjacent to an activating group) is 1. The first-order valence-corrected chi connectivity index (χ1v) is 7.55. The average Bonchev–Trinajstić information content (AvgIpc) is 3.28. The molecule has 2 aromatic rings. The van der Waals surface area contributed by atoms with E-state index in [2.05, 4.69) is 15.4 Å². The molecule has 0 radical (unpaired) electrons. The Labute approximate surface area is 129 Å². The van der Waals surface area contributed by atoms with Crippen LogP contribution >= 0.6 is 0 Å². The lowest BCUT2D eigenvalue weighted by molar-refractivity contribution is -0.641. The fraction of sp³-hybridized carbons (Fsp3) is 0.533. The van der Waals surface area contributed by atoms with Crippen LogP contribution in [0.3, 0.4) is 0 Å². The van der Waals surface area contributed by atoms with Gasteiger partial charge in [0, 0.05) is 25.2 Å². The molecule has 1 heterocycles. The standard InChI is InChI=1S/C15H21N5O2/c1-19(2)8-7-16-15-17-13-9-12(22-10-11-3-4-11)5-6-14(13)20(21)18-15/h5-6,9,11H,3-4,7-8,10H2,1-2H3,(H,16,17,18). The van der Waals surface area contributed by atoms with Crippen LogP contribution in [-0.4, -0.2) is 48.8 Å². The molecule has 0 aliphatic heterocycles. The first-order chi connectivity index (χ1) is 10.6. The third-order valence-corrected chi connectivity index (χ3v) is 3.59. The number of hydrogen-bond donors (Lipinski definition) is 1. The van der Waals surface area contributed by atoms with Crippen molar-refractivity contribution in [2.45, 2.75) is 12.8 Å². The van der Waals surface area contributed by atoms with Crippen molar-refractivity contribution in [1.29, 1.82) is 0 Å². The van der Waals surface area contributed by atoms with E-state index in [9.17, 15) is 5.21 Å². The van der Waals surface area contributed by atoms with Crippen molar-refractivity contribution < 1.29 is 9.58 Å². The zero-order valence-corrected chi connectivity index (χ0v) is 13.0. The van der Waals surface area contributed by atoms with Crippen LogP contribution in [-0.2, 0) is 0 Å². The third kappa shape index (κ3) is 3.73. The summed E-state index contributed by atoms with van der Waals surface area (Å²) < 4.78 is 5.73. The summed E-state index contributed by atoms with van der Waals surface area (Å²) in [6, 6.07) is 5.29. The maximum Gasteiger partial charge on any atom is 0.290 e. The van der Waals surface area contributed by atoms with E-state index in [1.54, 1.807) is 18.2 Å². The molecular weight excluding hydrogens is 282 g/mol. The molecule has 7 heteroatoms. The highest BCUT2D eigenvalue weighted by molar-refractivity contribution is 5.73. The molecule has 1 N–H and O–H groups in total. The van der Waals surface area contributed by atoms with Gasteiger partial charge in [-0.3, -0.25) is 0 Å². The van der Waals surface area contributed by atoms with Crippen molar-refractivity contribution in [3.63, 3.8) is 0 Å². The van der Waals surface area contributed by atoms with Crippen molar-refractivity contribution in [2.24, 2.45) is 5.92 Å². The van der Waals surface area contributed by atoms with E-state index in [0.29, 0.717) is 34.3 Å². The second kappa shape index (κ2) is 6.31. The second-order valence-corrected chi connectivity index (χ2v) is 5.94. The van der Waals surface area contributed by atoms with Crippen LogP contribution in [0, 0.1) is 11.1 Å². The molecule has 1 aliphatic carbocycles. The van der Waals surface area contributed by atoms with Crippen molar-refractivity contribution in [1.82, 2.24) is 15.0 Å². The molecule has 7 nitrogen and oxygen atoms in total. The molecule has 1 saturated carbocycles. The molecule has 0 spiro atoms. The highest BCUT2D eigenvalue weighted by atomic mass is 16.5. The van der Waals surface area contributed by atoms with Crippen LogP contribution in [0.25, 0.3) is 11.0 Å². The van der Waals surface area contributed by atoms with E-state index >= 15 is 0 Å². The van der Waals surface area contributed by atoms with Gasteiger partial charge in [0.15, 0.2) is 0 Å². The maximum atomic E-state index is 12.0. The molecule has 0 saturated heterocycles. The lowest BCUT2D eigenvalue weighted by Crippen LogP contribution is -2.34. The van der Waals surface area contributed by atoms with Crippen LogP contribution in [0.4, 0.5) is 5.95 Å². The Bertz CT molecular complexity index is 658. The van der Waals surface area contributed by atoms with E-state index in [1.807, 2.05) is 19.0 Å². The molecule has 0 unspecified atom stereocenters. The zero-order valence-electron chi connectivity index (χ0n) is 13.0. The van der Waals surface area contributed by atoms with Crippen LogP contribution in [0.15, 0.2) is 18.2 Å². The molecule has 0 atom stereocenters. The Balaban J connectivity index is 1.75. The smallest absolute Gasteiger partial charge is 0.290 e. The molecule has 118 valence electrons. The van der Waals surface area contributed by atoms with Gasteiger partial charge in [-0.25, -0.2) is 4.98 Å². The number of aromatic nitrogens is 3. The number of nitrogens with one attached hydrogen (secondary N) is 1. The molecule has 22 heavy (non-hydrogen) atoms. The Kier molecular flexibility index (Phi) is 4.24. The second-order valence-electron chi connectivity index (χ2n) is 5.94. The number of benzene rings is 1. The Morgan fingerprint density at radius 3 is 2.95 bits per heavy atom. The topological polar surface area (TPSA) is 77.2 Å². The Morgan fingerprint density at radius 2 is 2.23 bits per heavy atom. The van der Waals surface area contributed by atoms with Gasteiger partial charge in [0.05, 0.1) is 11.7 Å². The van der Waals surface area contributed by atoms with Crippen LogP contribution in [0.5, 0.6) is 5.75 Å². The summed E-state index contributed by atoms with van der Waals surface area (Å²) in [5.41, 5.74) is 1.03. The van der Waals surface area contributed by atoms with E-state index < -0.39 is 0 Å². The summed E-state index contributed by atoms with van der Waals surface area (Å²) in [6.45, 7) is 2.25. The molecule has 1 fully saturated rings. The van der Waals surface area contributed by atoms with Crippen molar-refractivity contribution >= 4 is 17.0 Å². The highest BCUT2D eigenvalue weighted by Gasteiger charge is 2.22. The maximum absolute atomic E-state index is 12.0. The van der Waals surface area contributed by atoms with Crippen molar-refractivity contribution in [3.05, 3.63) is 23.4 Å². The summed E-state index contributed by atoms with van der Waals surface area (Å²) in [5.74, 6) is 1.77. The fourth-order valence-electron chi connectivity index (χ4n) is 2.09. The summed E-state index contributed by atoms with van der Waals surface area (Å²) in [7, 11) is 3.97. The van der Waals surface area contributed by atoms with Gasteiger partial charge in [-0.1, -0.05) is 0 Å². The summed E-state index contributed by atoms with van der Waals surface area (Å²) in [6.07, 6.45) is 2.49. The SMILES string of the molecule is CN(C)CCNc1nc2cc(OCC3CC3)ccc2[n+]([O-])n1. The lowest BCUT2D eigenvalue weighted by atomic mass is 10.3. The normalized spacial score (nSPS) is 14.5. The van der Waals surface area contributed by atoms with Gasteiger partial charge in [-0.05, 0) is 43.8 Å².